The Hall–Kier alpha value is -3.14. The lowest BCUT2D eigenvalue weighted by Crippen LogP contribution is -2.09. The first-order valence-corrected chi connectivity index (χ1v) is 12.2. The average Bonchev–Trinajstić information content (AvgIpc) is 3.30. The Morgan fingerprint density at radius 2 is 1.97 bits per heavy atom. The molecule has 0 unspecified atom stereocenters. The highest BCUT2D eigenvalue weighted by molar-refractivity contribution is 9.10. The third-order valence-electron chi connectivity index (χ3n) is 4.89. The standard InChI is InChI=1S/C24H24BrF3N2O2.C2H6N2/c1-3-4-7-16(2)23-29-22(30-32-23)18-11-12-21(20(15-18)24(26,27)28)31-13-6-9-17-8-5-10-19(25)14-17;1-2(3)4/h5-6,8-12,14-16H,3-4,7,13H2,1-2H3;1H3,(H3,3,4)/b9-6+;/t16-;/m0./s1. The number of amidine groups is 1. The minimum atomic E-state index is -4.58. The van der Waals surface area contributed by atoms with Crippen molar-refractivity contribution >= 4 is 27.8 Å². The number of unbranched alkanes of at least 4 members (excludes halogenated alkanes) is 1. The second-order valence-corrected chi connectivity index (χ2v) is 9.08. The number of halogens is 4. The Bertz CT molecular complexity index is 1160. The molecular formula is C26H30BrF3N4O2. The van der Waals surface area contributed by atoms with Crippen molar-refractivity contribution in [3.05, 3.63) is 70.0 Å². The summed E-state index contributed by atoms with van der Waals surface area (Å²) in [6.07, 6.45) is 1.80. The van der Waals surface area contributed by atoms with Crippen molar-refractivity contribution in [1.29, 1.82) is 5.41 Å². The number of benzene rings is 2. The number of nitrogens with zero attached hydrogens (tertiary/aromatic N) is 2. The summed E-state index contributed by atoms with van der Waals surface area (Å²) in [5, 5.41) is 10.2. The van der Waals surface area contributed by atoms with Gasteiger partial charge in [0.1, 0.15) is 12.4 Å². The molecule has 1 heterocycles. The third kappa shape index (κ3) is 9.49. The molecule has 194 valence electrons. The van der Waals surface area contributed by atoms with Gasteiger partial charge in [0, 0.05) is 16.0 Å². The van der Waals surface area contributed by atoms with Gasteiger partial charge in [-0.15, -0.1) is 0 Å². The van der Waals surface area contributed by atoms with Crippen LogP contribution < -0.4 is 10.5 Å². The number of nitrogens with two attached hydrogens (primary N) is 1. The molecule has 3 N–H and O–H groups in total. The van der Waals surface area contributed by atoms with Crippen LogP contribution in [0.3, 0.4) is 0 Å². The van der Waals surface area contributed by atoms with E-state index >= 15 is 0 Å². The minimum absolute atomic E-state index is 0.00373. The van der Waals surface area contributed by atoms with Crippen LogP contribution in [0.5, 0.6) is 5.75 Å². The van der Waals surface area contributed by atoms with Gasteiger partial charge in [-0.25, -0.2) is 0 Å². The zero-order chi connectivity index (χ0) is 26.7. The number of hydrogen-bond acceptors (Lipinski definition) is 5. The van der Waals surface area contributed by atoms with Crippen LogP contribution in [-0.4, -0.2) is 22.6 Å². The van der Waals surface area contributed by atoms with Crippen LogP contribution in [0, 0.1) is 5.41 Å². The van der Waals surface area contributed by atoms with Crippen molar-refractivity contribution in [1.82, 2.24) is 10.1 Å². The normalized spacial score (nSPS) is 12.2. The second-order valence-electron chi connectivity index (χ2n) is 8.16. The van der Waals surface area contributed by atoms with Crippen LogP contribution in [-0.2, 0) is 6.18 Å². The van der Waals surface area contributed by atoms with E-state index in [4.69, 9.17) is 20.4 Å². The highest BCUT2D eigenvalue weighted by Crippen LogP contribution is 2.38. The van der Waals surface area contributed by atoms with Gasteiger partial charge < -0.3 is 15.0 Å². The van der Waals surface area contributed by atoms with Crippen molar-refractivity contribution in [3.63, 3.8) is 0 Å². The first kappa shape index (κ1) is 29.1. The maximum Gasteiger partial charge on any atom is 0.419 e. The van der Waals surface area contributed by atoms with Crippen LogP contribution in [0.25, 0.3) is 17.5 Å². The molecule has 36 heavy (non-hydrogen) atoms. The van der Waals surface area contributed by atoms with Crippen LogP contribution >= 0.6 is 15.9 Å². The van der Waals surface area contributed by atoms with Crippen LogP contribution in [0.2, 0.25) is 0 Å². The van der Waals surface area contributed by atoms with Crippen LogP contribution in [0.4, 0.5) is 13.2 Å². The van der Waals surface area contributed by atoms with E-state index in [-0.39, 0.29) is 35.5 Å². The smallest absolute Gasteiger partial charge is 0.419 e. The highest BCUT2D eigenvalue weighted by atomic mass is 79.9. The first-order valence-electron chi connectivity index (χ1n) is 11.4. The van der Waals surface area contributed by atoms with Crippen molar-refractivity contribution in [2.45, 2.75) is 52.1 Å². The van der Waals surface area contributed by atoms with Gasteiger partial charge in [0.15, 0.2) is 0 Å². The lowest BCUT2D eigenvalue weighted by molar-refractivity contribution is -0.138. The van der Waals surface area contributed by atoms with Crippen molar-refractivity contribution in [2.75, 3.05) is 6.61 Å². The summed E-state index contributed by atoms with van der Waals surface area (Å²) in [6.45, 7) is 5.58. The minimum Gasteiger partial charge on any atom is -0.489 e. The Labute approximate surface area is 217 Å². The third-order valence-corrected chi connectivity index (χ3v) is 5.38. The van der Waals surface area contributed by atoms with Gasteiger partial charge in [-0.05, 0) is 55.3 Å². The molecule has 10 heteroatoms. The van der Waals surface area contributed by atoms with E-state index in [1.165, 1.54) is 19.1 Å². The van der Waals surface area contributed by atoms with E-state index in [9.17, 15) is 13.2 Å². The van der Waals surface area contributed by atoms with E-state index in [1.54, 1.807) is 12.2 Å². The Morgan fingerprint density at radius 1 is 1.25 bits per heavy atom. The van der Waals surface area contributed by atoms with E-state index in [0.717, 1.165) is 35.4 Å². The Balaban J connectivity index is 0.00000106. The van der Waals surface area contributed by atoms with Gasteiger partial charge in [-0.2, -0.15) is 18.2 Å². The van der Waals surface area contributed by atoms with Crippen LogP contribution in [0.1, 0.15) is 63.0 Å². The Kier molecular flexibility index (Phi) is 11.2. The maximum absolute atomic E-state index is 13.7. The molecule has 0 aliphatic carbocycles. The molecule has 1 atom stereocenters. The second kappa shape index (κ2) is 13.8. The van der Waals surface area contributed by atoms with Gasteiger partial charge in [-0.1, -0.05) is 66.0 Å². The molecule has 0 saturated heterocycles. The number of rotatable bonds is 9. The molecule has 0 spiro atoms. The molecule has 0 radical (unpaired) electrons. The zero-order valence-corrected chi connectivity index (χ0v) is 22.0. The van der Waals surface area contributed by atoms with Crippen molar-refractivity contribution in [2.24, 2.45) is 5.73 Å². The van der Waals surface area contributed by atoms with Gasteiger partial charge in [0.05, 0.1) is 11.4 Å². The molecule has 0 fully saturated rings. The lowest BCUT2D eigenvalue weighted by Gasteiger charge is -2.14. The molecule has 0 aliphatic heterocycles. The summed E-state index contributed by atoms with van der Waals surface area (Å²) in [4.78, 5) is 4.30. The van der Waals surface area contributed by atoms with Gasteiger partial charge in [0.25, 0.3) is 0 Å². The number of alkyl halides is 3. The van der Waals surface area contributed by atoms with Crippen LogP contribution in [0.15, 0.2) is 57.5 Å². The first-order chi connectivity index (χ1) is 17.0. The summed E-state index contributed by atoms with van der Waals surface area (Å²) < 4.78 is 52.6. The van der Waals surface area contributed by atoms with Gasteiger partial charge >= 0.3 is 6.18 Å². The summed E-state index contributed by atoms with van der Waals surface area (Å²) >= 11 is 3.38. The van der Waals surface area contributed by atoms with E-state index in [0.29, 0.717) is 5.89 Å². The molecule has 0 amide bonds. The molecule has 2 aromatic carbocycles. The predicted molar refractivity (Wildman–Crippen MR) is 139 cm³/mol. The molecule has 0 bridgehead atoms. The predicted octanol–water partition coefficient (Wildman–Crippen LogP) is 7.85. The van der Waals surface area contributed by atoms with E-state index in [1.807, 2.05) is 31.2 Å². The largest absolute Gasteiger partial charge is 0.489 e. The monoisotopic (exact) mass is 566 g/mol. The fraction of sp³-hybridized carbons (Fsp3) is 0.346. The number of aromatic nitrogens is 2. The zero-order valence-electron chi connectivity index (χ0n) is 20.4. The Morgan fingerprint density at radius 3 is 2.61 bits per heavy atom. The number of ether oxygens (including phenoxy) is 1. The SMILES string of the molecule is CC(=N)N.CCCC[C@H](C)c1nc(-c2ccc(OC/C=C/c3cccc(Br)c3)c(C(F)(F)F)c2)no1. The van der Waals surface area contributed by atoms with Crippen molar-refractivity contribution < 1.29 is 22.4 Å². The maximum atomic E-state index is 13.7. The summed E-state index contributed by atoms with van der Waals surface area (Å²) in [5.74, 6) is 0.535. The molecule has 1 aromatic heterocycles. The molecule has 0 saturated carbocycles. The molecule has 0 aliphatic rings. The summed E-state index contributed by atoms with van der Waals surface area (Å²) in [7, 11) is 0. The topological polar surface area (TPSA) is 98.0 Å². The summed E-state index contributed by atoms with van der Waals surface area (Å²) in [5.41, 5.74) is 4.96. The quantitative estimate of drug-likeness (QED) is 0.203. The molecular weight excluding hydrogens is 537 g/mol. The van der Waals surface area contributed by atoms with Crippen molar-refractivity contribution in [3.8, 4) is 17.1 Å². The average molecular weight is 567 g/mol. The van der Waals surface area contributed by atoms with E-state index < -0.39 is 11.7 Å². The van der Waals surface area contributed by atoms with Gasteiger partial charge in [-0.3, -0.25) is 5.41 Å². The fourth-order valence-corrected chi connectivity index (χ4v) is 3.55. The lowest BCUT2D eigenvalue weighted by atomic mass is 10.0. The summed E-state index contributed by atoms with van der Waals surface area (Å²) in [6, 6.07) is 11.4. The molecule has 3 rings (SSSR count). The molecule has 3 aromatic rings. The number of nitrogens with one attached hydrogen (secondary N) is 1. The van der Waals surface area contributed by atoms with E-state index in [2.05, 4.69) is 33.0 Å². The number of hydrogen-bond donors (Lipinski definition) is 2. The highest BCUT2D eigenvalue weighted by Gasteiger charge is 2.35. The fourth-order valence-electron chi connectivity index (χ4n) is 3.14. The molecule has 6 nitrogen and oxygen atoms in total. The van der Waals surface area contributed by atoms with Gasteiger partial charge in [0.2, 0.25) is 11.7 Å².